The molecule has 0 saturated carbocycles. The SMILES string of the molecule is CC(C(N)=O)C(CCC(F)(F)F)C(=O)NC1CN(c2ccc(Cl)c(Cl)c2)c2cccc(Cl)c2NC1=O. The van der Waals surface area contributed by atoms with Crippen molar-refractivity contribution in [3.63, 3.8) is 0 Å². The number of carbonyl (C=O) groups is 3. The average Bonchev–Trinajstić information content (AvgIpc) is 2.92. The van der Waals surface area contributed by atoms with E-state index in [0.29, 0.717) is 16.4 Å². The first-order valence-electron chi connectivity index (χ1n) is 10.8. The number of alkyl halides is 3. The van der Waals surface area contributed by atoms with Crippen molar-refractivity contribution in [2.45, 2.75) is 32.0 Å². The summed E-state index contributed by atoms with van der Waals surface area (Å²) in [7, 11) is 0. The normalized spacial score (nSPS) is 17.5. The molecular formula is C23H22Cl3F3N4O3. The summed E-state index contributed by atoms with van der Waals surface area (Å²) in [6.07, 6.45) is -6.51. The second-order valence-corrected chi connectivity index (χ2v) is 9.57. The van der Waals surface area contributed by atoms with E-state index in [1.165, 1.54) is 6.92 Å². The van der Waals surface area contributed by atoms with Crippen LogP contribution >= 0.6 is 34.8 Å². The van der Waals surface area contributed by atoms with E-state index in [1.54, 1.807) is 41.3 Å². The molecule has 3 unspecified atom stereocenters. The molecule has 0 spiro atoms. The Balaban J connectivity index is 1.95. The van der Waals surface area contributed by atoms with Crippen molar-refractivity contribution < 1.29 is 27.6 Å². The van der Waals surface area contributed by atoms with E-state index < -0.39 is 54.6 Å². The molecule has 1 aliphatic rings. The summed E-state index contributed by atoms with van der Waals surface area (Å²) in [5.74, 6) is -5.08. The summed E-state index contributed by atoms with van der Waals surface area (Å²) >= 11 is 18.5. The number of rotatable bonds is 7. The van der Waals surface area contributed by atoms with Gasteiger partial charge < -0.3 is 21.3 Å². The lowest BCUT2D eigenvalue weighted by atomic mass is 9.88. The molecule has 194 valence electrons. The molecule has 2 aromatic carbocycles. The van der Waals surface area contributed by atoms with Crippen LogP contribution in [0.4, 0.5) is 30.2 Å². The van der Waals surface area contributed by atoms with Gasteiger partial charge in [0.1, 0.15) is 6.04 Å². The number of fused-ring (bicyclic) bond motifs is 1. The fourth-order valence-electron chi connectivity index (χ4n) is 3.85. The quantitative estimate of drug-likeness (QED) is 0.424. The van der Waals surface area contributed by atoms with E-state index in [2.05, 4.69) is 10.6 Å². The Morgan fingerprint density at radius 1 is 1.17 bits per heavy atom. The Kier molecular flexibility index (Phi) is 8.63. The number of hydrogen-bond acceptors (Lipinski definition) is 4. The Hall–Kier alpha value is -2.69. The van der Waals surface area contributed by atoms with Crippen LogP contribution in [-0.2, 0) is 14.4 Å². The minimum absolute atomic E-state index is 0.125. The lowest BCUT2D eigenvalue weighted by Crippen LogP contribution is -2.51. The van der Waals surface area contributed by atoms with E-state index in [4.69, 9.17) is 40.5 Å². The van der Waals surface area contributed by atoms with Gasteiger partial charge in [0, 0.05) is 23.9 Å². The van der Waals surface area contributed by atoms with Crippen LogP contribution in [0.2, 0.25) is 15.1 Å². The summed E-state index contributed by atoms with van der Waals surface area (Å²) < 4.78 is 38.6. The second kappa shape index (κ2) is 11.1. The maximum Gasteiger partial charge on any atom is 0.389 e. The van der Waals surface area contributed by atoms with Crippen molar-refractivity contribution in [3.05, 3.63) is 51.5 Å². The first kappa shape index (κ1) is 27.9. The van der Waals surface area contributed by atoms with Gasteiger partial charge in [0.15, 0.2) is 0 Å². The molecule has 36 heavy (non-hydrogen) atoms. The Bertz CT molecular complexity index is 1180. The van der Waals surface area contributed by atoms with Crippen molar-refractivity contribution in [3.8, 4) is 0 Å². The minimum Gasteiger partial charge on any atom is -0.369 e. The van der Waals surface area contributed by atoms with Crippen molar-refractivity contribution in [1.82, 2.24) is 5.32 Å². The van der Waals surface area contributed by atoms with E-state index in [9.17, 15) is 27.6 Å². The van der Waals surface area contributed by atoms with Crippen LogP contribution in [0.1, 0.15) is 19.8 Å². The zero-order chi connectivity index (χ0) is 26.8. The standard InChI is InChI=1S/C23H22Cl3F3N4O3/c1-11(20(30)34)13(7-8-23(27,28)29)21(35)31-17-10-33(12-5-6-14(24)16(26)9-12)18-4-2-3-15(25)19(18)32-22(17)36/h2-6,9,11,13,17H,7-8,10H2,1H3,(H2,30,34)(H,31,35)(H,32,36). The molecule has 0 fully saturated rings. The maximum absolute atomic E-state index is 13.1. The van der Waals surface area contributed by atoms with Crippen LogP contribution in [0.15, 0.2) is 36.4 Å². The molecule has 0 aromatic heterocycles. The van der Waals surface area contributed by atoms with Crippen molar-refractivity contribution in [2.75, 3.05) is 16.8 Å². The number of nitrogens with one attached hydrogen (secondary N) is 2. The summed E-state index contributed by atoms with van der Waals surface area (Å²) in [5.41, 5.74) is 6.55. The first-order valence-corrected chi connectivity index (χ1v) is 11.9. The van der Waals surface area contributed by atoms with E-state index in [-0.39, 0.29) is 22.3 Å². The van der Waals surface area contributed by atoms with Crippen LogP contribution < -0.4 is 21.3 Å². The van der Waals surface area contributed by atoms with Crippen LogP contribution in [0, 0.1) is 11.8 Å². The highest BCUT2D eigenvalue weighted by Gasteiger charge is 2.38. The molecule has 0 radical (unpaired) electrons. The van der Waals surface area contributed by atoms with Gasteiger partial charge in [-0.3, -0.25) is 14.4 Å². The second-order valence-electron chi connectivity index (χ2n) is 8.34. The van der Waals surface area contributed by atoms with Gasteiger partial charge in [-0.15, -0.1) is 0 Å². The van der Waals surface area contributed by atoms with Crippen molar-refractivity contribution in [1.29, 1.82) is 0 Å². The highest BCUT2D eigenvalue weighted by atomic mass is 35.5. The topological polar surface area (TPSA) is 105 Å². The van der Waals surface area contributed by atoms with E-state index in [0.717, 1.165) is 0 Å². The fraction of sp³-hybridized carbons (Fsp3) is 0.348. The first-order chi connectivity index (χ1) is 16.8. The largest absolute Gasteiger partial charge is 0.389 e. The van der Waals surface area contributed by atoms with Gasteiger partial charge in [-0.05, 0) is 36.8 Å². The monoisotopic (exact) mass is 564 g/mol. The number of anilines is 3. The van der Waals surface area contributed by atoms with Gasteiger partial charge in [0.25, 0.3) is 0 Å². The molecule has 3 atom stereocenters. The number of nitrogens with two attached hydrogens (primary N) is 1. The number of nitrogens with zero attached hydrogens (tertiary/aromatic N) is 1. The third-order valence-corrected chi connectivity index (χ3v) is 6.93. The molecule has 3 amide bonds. The zero-order valence-corrected chi connectivity index (χ0v) is 21.1. The molecule has 0 saturated heterocycles. The van der Waals surface area contributed by atoms with Crippen molar-refractivity contribution >= 4 is 69.6 Å². The number of benzene rings is 2. The van der Waals surface area contributed by atoms with Crippen molar-refractivity contribution in [2.24, 2.45) is 17.6 Å². The third kappa shape index (κ3) is 6.54. The Labute approximate surface area is 220 Å². The highest BCUT2D eigenvalue weighted by molar-refractivity contribution is 6.42. The summed E-state index contributed by atoms with van der Waals surface area (Å²) in [6, 6.07) is 8.45. The molecule has 2 aromatic rings. The number of para-hydroxylation sites is 1. The summed E-state index contributed by atoms with van der Waals surface area (Å²) in [6.45, 7) is 1.15. The fourth-order valence-corrected chi connectivity index (χ4v) is 4.36. The summed E-state index contributed by atoms with van der Waals surface area (Å²) in [5, 5.41) is 5.92. The molecule has 0 bridgehead atoms. The molecule has 7 nitrogen and oxygen atoms in total. The molecule has 1 aliphatic heterocycles. The number of halogens is 6. The molecule has 13 heteroatoms. The van der Waals surface area contributed by atoms with Gasteiger partial charge in [0.2, 0.25) is 17.7 Å². The lowest BCUT2D eigenvalue weighted by Gasteiger charge is -2.29. The Morgan fingerprint density at radius 3 is 2.47 bits per heavy atom. The number of primary amides is 1. The van der Waals surface area contributed by atoms with Gasteiger partial charge >= 0.3 is 6.18 Å². The van der Waals surface area contributed by atoms with Gasteiger partial charge in [-0.2, -0.15) is 13.2 Å². The van der Waals surface area contributed by atoms with Gasteiger partial charge in [-0.1, -0.05) is 47.8 Å². The molecule has 3 rings (SSSR count). The average molecular weight is 566 g/mol. The maximum atomic E-state index is 13.1. The molecule has 0 aliphatic carbocycles. The minimum atomic E-state index is -4.54. The Morgan fingerprint density at radius 2 is 1.86 bits per heavy atom. The zero-order valence-electron chi connectivity index (χ0n) is 18.8. The van der Waals surface area contributed by atoms with Crippen LogP contribution in [-0.4, -0.2) is 36.5 Å². The lowest BCUT2D eigenvalue weighted by molar-refractivity contribution is -0.146. The number of hydrogen-bond donors (Lipinski definition) is 3. The van der Waals surface area contributed by atoms with Crippen LogP contribution in [0.5, 0.6) is 0 Å². The summed E-state index contributed by atoms with van der Waals surface area (Å²) in [4.78, 5) is 39.5. The van der Waals surface area contributed by atoms with E-state index >= 15 is 0 Å². The molecular weight excluding hydrogens is 544 g/mol. The molecule has 1 heterocycles. The van der Waals surface area contributed by atoms with Gasteiger partial charge in [-0.25, -0.2) is 0 Å². The number of carbonyl (C=O) groups excluding carboxylic acids is 3. The predicted octanol–water partition coefficient (Wildman–Crippen LogP) is 5.30. The van der Waals surface area contributed by atoms with Crippen LogP contribution in [0.25, 0.3) is 0 Å². The van der Waals surface area contributed by atoms with Crippen LogP contribution in [0.3, 0.4) is 0 Å². The highest BCUT2D eigenvalue weighted by Crippen LogP contribution is 2.40. The smallest absolute Gasteiger partial charge is 0.369 e. The van der Waals surface area contributed by atoms with Gasteiger partial charge in [0.05, 0.1) is 33.0 Å². The third-order valence-electron chi connectivity index (χ3n) is 5.87. The van der Waals surface area contributed by atoms with E-state index in [1.807, 2.05) is 0 Å². The predicted molar refractivity (Wildman–Crippen MR) is 133 cm³/mol. The number of amides is 3. The molecule has 4 N–H and O–H groups in total.